The van der Waals surface area contributed by atoms with E-state index < -0.39 is 6.10 Å². The summed E-state index contributed by atoms with van der Waals surface area (Å²) in [6.07, 6.45) is 0.509. The normalized spacial score (nSPS) is 19.1. The summed E-state index contributed by atoms with van der Waals surface area (Å²) in [4.78, 5) is 15.1. The van der Waals surface area contributed by atoms with E-state index in [0.717, 1.165) is 22.9 Å². The number of carbonyl (C=O) groups excluding carboxylic acids is 1. The molecule has 1 aliphatic heterocycles. The molecule has 22 heavy (non-hydrogen) atoms. The molecule has 3 heterocycles. The molecule has 0 radical (unpaired) electrons. The number of amides is 1. The molecule has 6 heteroatoms. The van der Waals surface area contributed by atoms with Crippen LogP contribution in [0.15, 0.2) is 34.1 Å². The number of furan rings is 1. The van der Waals surface area contributed by atoms with Gasteiger partial charge >= 0.3 is 0 Å². The Hall–Kier alpha value is -1.63. The third-order valence-corrected chi connectivity index (χ3v) is 4.62. The predicted octanol–water partition coefficient (Wildman–Crippen LogP) is 1.73. The molecule has 1 amide bonds. The Bertz CT molecular complexity index is 609. The minimum absolute atomic E-state index is 0.0665. The molecule has 1 atom stereocenters. The predicted molar refractivity (Wildman–Crippen MR) is 85.8 cm³/mol. The summed E-state index contributed by atoms with van der Waals surface area (Å²) in [6, 6.07) is 7.89. The van der Waals surface area contributed by atoms with Crippen molar-refractivity contribution >= 4 is 17.2 Å². The lowest BCUT2D eigenvalue weighted by atomic mass is 10.2. The van der Waals surface area contributed by atoms with Crippen LogP contribution >= 0.6 is 11.3 Å². The summed E-state index contributed by atoms with van der Waals surface area (Å²) in [5.41, 5.74) is 0. The number of hydrogen-bond acceptors (Lipinski definition) is 5. The summed E-state index contributed by atoms with van der Waals surface area (Å²) < 4.78 is 5.79. The zero-order valence-corrected chi connectivity index (χ0v) is 13.1. The molecule has 1 aliphatic rings. The van der Waals surface area contributed by atoms with Gasteiger partial charge in [-0.3, -0.25) is 4.79 Å². The lowest BCUT2D eigenvalue weighted by molar-refractivity contribution is -0.132. The molecule has 2 aromatic heterocycles. The quantitative estimate of drug-likeness (QED) is 0.900. The molecule has 1 fully saturated rings. The zero-order valence-electron chi connectivity index (χ0n) is 12.3. The standard InChI is InChI=1S/C16H20N2O3S/c19-12-10-17-7-8-18(11-12)16(20)6-4-13-3-5-14(21-13)15-2-1-9-22-15/h1-3,5,9,12,17,19H,4,6-8,10-11H2. The number of carbonyl (C=O) groups is 1. The molecule has 5 nitrogen and oxygen atoms in total. The fraction of sp³-hybridized carbons (Fsp3) is 0.438. The maximum Gasteiger partial charge on any atom is 0.223 e. The van der Waals surface area contributed by atoms with Crippen LogP contribution in [-0.4, -0.2) is 48.2 Å². The van der Waals surface area contributed by atoms with Gasteiger partial charge in [0.05, 0.1) is 11.0 Å². The van der Waals surface area contributed by atoms with Crippen molar-refractivity contribution in [1.29, 1.82) is 0 Å². The molecule has 118 valence electrons. The van der Waals surface area contributed by atoms with E-state index in [1.807, 2.05) is 29.6 Å². The van der Waals surface area contributed by atoms with Crippen LogP contribution in [0.4, 0.5) is 0 Å². The van der Waals surface area contributed by atoms with Crippen LogP contribution in [0.2, 0.25) is 0 Å². The van der Waals surface area contributed by atoms with Crippen LogP contribution in [0.3, 0.4) is 0 Å². The lowest BCUT2D eigenvalue weighted by Gasteiger charge is -2.21. The van der Waals surface area contributed by atoms with Gasteiger partial charge in [0, 0.05) is 39.0 Å². The average Bonchev–Trinajstić information content (AvgIpc) is 3.14. The van der Waals surface area contributed by atoms with E-state index in [1.54, 1.807) is 16.2 Å². The monoisotopic (exact) mass is 320 g/mol. The Kier molecular flexibility index (Phi) is 4.92. The minimum atomic E-state index is -0.486. The number of aliphatic hydroxyl groups is 1. The number of β-amino-alcohol motifs (C(OH)–C–C–N with tert-alkyl or cyclic N) is 1. The van der Waals surface area contributed by atoms with Crippen molar-refractivity contribution in [3.05, 3.63) is 35.4 Å². The Balaban J connectivity index is 1.54. The van der Waals surface area contributed by atoms with Gasteiger partial charge in [0.1, 0.15) is 11.5 Å². The highest BCUT2D eigenvalue weighted by molar-refractivity contribution is 7.13. The largest absolute Gasteiger partial charge is 0.460 e. The van der Waals surface area contributed by atoms with Crippen LogP contribution in [0, 0.1) is 0 Å². The molecule has 0 spiro atoms. The van der Waals surface area contributed by atoms with Gasteiger partial charge in [-0.1, -0.05) is 6.07 Å². The first-order valence-electron chi connectivity index (χ1n) is 7.51. The highest BCUT2D eigenvalue weighted by Gasteiger charge is 2.20. The Morgan fingerprint density at radius 1 is 1.45 bits per heavy atom. The number of aliphatic hydroxyl groups excluding tert-OH is 1. The van der Waals surface area contributed by atoms with E-state index in [4.69, 9.17) is 4.42 Å². The Morgan fingerprint density at radius 3 is 3.18 bits per heavy atom. The molecule has 2 aromatic rings. The summed E-state index contributed by atoms with van der Waals surface area (Å²) in [5.74, 6) is 1.74. The molecule has 1 unspecified atom stereocenters. The second-order valence-electron chi connectivity index (χ2n) is 5.44. The van der Waals surface area contributed by atoms with E-state index in [9.17, 15) is 9.90 Å². The summed E-state index contributed by atoms with van der Waals surface area (Å²) in [6.45, 7) is 2.33. The van der Waals surface area contributed by atoms with Crippen LogP contribution in [0.5, 0.6) is 0 Å². The van der Waals surface area contributed by atoms with E-state index >= 15 is 0 Å². The van der Waals surface area contributed by atoms with Gasteiger partial charge in [-0.15, -0.1) is 11.3 Å². The topological polar surface area (TPSA) is 65.7 Å². The number of nitrogens with zero attached hydrogens (tertiary/aromatic N) is 1. The van der Waals surface area contributed by atoms with Crippen molar-refractivity contribution in [2.75, 3.05) is 26.2 Å². The van der Waals surface area contributed by atoms with Crippen LogP contribution in [-0.2, 0) is 11.2 Å². The second kappa shape index (κ2) is 7.09. The number of thiophene rings is 1. The third-order valence-electron chi connectivity index (χ3n) is 3.73. The third kappa shape index (κ3) is 3.76. The van der Waals surface area contributed by atoms with Gasteiger partial charge in [0.2, 0.25) is 5.91 Å². The van der Waals surface area contributed by atoms with E-state index in [0.29, 0.717) is 32.5 Å². The number of nitrogens with one attached hydrogen (secondary N) is 1. The lowest BCUT2D eigenvalue weighted by Crippen LogP contribution is -2.37. The first-order valence-corrected chi connectivity index (χ1v) is 8.39. The van der Waals surface area contributed by atoms with Gasteiger partial charge < -0.3 is 19.7 Å². The molecule has 0 aromatic carbocycles. The second-order valence-corrected chi connectivity index (χ2v) is 6.39. The molecule has 0 bridgehead atoms. The van der Waals surface area contributed by atoms with E-state index in [1.165, 1.54) is 0 Å². The SMILES string of the molecule is O=C(CCc1ccc(-c2cccs2)o1)N1CCNCC(O)C1. The smallest absolute Gasteiger partial charge is 0.223 e. The van der Waals surface area contributed by atoms with Crippen molar-refractivity contribution in [3.63, 3.8) is 0 Å². The van der Waals surface area contributed by atoms with Gasteiger partial charge in [-0.25, -0.2) is 0 Å². The highest BCUT2D eigenvalue weighted by Crippen LogP contribution is 2.27. The zero-order chi connectivity index (χ0) is 15.4. The fourth-order valence-electron chi connectivity index (χ4n) is 2.57. The number of hydrogen-bond donors (Lipinski definition) is 2. The fourth-order valence-corrected chi connectivity index (χ4v) is 3.26. The van der Waals surface area contributed by atoms with Crippen molar-refractivity contribution in [3.8, 4) is 10.6 Å². The van der Waals surface area contributed by atoms with Gasteiger partial charge in [0.25, 0.3) is 0 Å². The van der Waals surface area contributed by atoms with Crippen molar-refractivity contribution in [1.82, 2.24) is 10.2 Å². The molecule has 1 saturated heterocycles. The molecule has 0 aliphatic carbocycles. The maximum absolute atomic E-state index is 12.3. The Morgan fingerprint density at radius 2 is 2.36 bits per heavy atom. The molecule has 2 N–H and O–H groups in total. The first kappa shape index (κ1) is 15.3. The molecule has 0 saturated carbocycles. The van der Waals surface area contributed by atoms with Crippen LogP contribution in [0.1, 0.15) is 12.2 Å². The van der Waals surface area contributed by atoms with Crippen molar-refractivity contribution in [2.24, 2.45) is 0 Å². The van der Waals surface area contributed by atoms with Gasteiger partial charge in [-0.05, 0) is 23.6 Å². The maximum atomic E-state index is 12.3. The molecule has 3 rings (SSSR count). The average molecular weight is 320 g/mol. The summed E-state index contributed by atoms with van der Waals surface area (Å²) in [5, 5.41) is 14.9. The molecular weight excluding hydrogens is 300 g/mol. The summed E-state index contributed by atoms with van der Waals surface area (Å²) in [7, 11) is 0. The van der Waals surface area contributed by atoms with Crippen LogP contribution < -0.4 is 5.32 Å². The van der Waals surface area contributed by atoms with E-state index in [-0.39, 0.29) is 5.91 Å². The van der Waals surface area contributed by atoms with Crippen molar-refractivity contribution < 1.29 is 14.3 Å². The molecular formula is C16H20N2O3S. The van der Waals surface area contributed by atoms with E-state index in [2.05, 4.69) is 5.32 Å². The summed E-state index contributed by atoms with van der Waals surface area (Å²) >= 11 is 1.64. The highest BCUT2D eigenvalue weighted by atomic mass is 32.1. The number of rotatable bonds is 4. The number of aryl methyl sites for hydroxylation is 1. The van der Waals surface area contributed by atoms with Crippen LogP contribution in [0.25, 0.3) is 10.6 Å². The Labute approximate surface area is 133 Å². The van der Waals surface area contributed by atoms with Crippen molar-refractivity contribution in [2.45, 2.75) is 18.9 Å². The van der Waals surface area contributed by atoms with Gasteiger partial charge in [-0.2, -0.15) is 0 Å². The first-order chi connectivity index (χ1) is 10.7. The van der Waals surface area contributed by atoms with Gasteiger partial charge in [0.15, 0.2) is 0 Å². The minimum Gasteiger partial charge on any atom is -0.460 e.